The molecule has 22 heavy (non-hydrogen) atoms. The molecule has 0 radical (unpaired) electrons. The molecule has 9 nitrogen and oxygen atoms in total. The van der Waals surface area contributed by atoms with Gasteiger partial charge in [-0.15, -0.1) is 9.05 Å². The second kappa shape index (κ2) is 12.4. The average Bonchev–Trinajstić information content (AvgIpc) is 2.47. The molecule has 0 aliphatic heterocycles. The summed E-state index contributed by atoms with van der Waals surface area (Å²) in [5.41, 5.74) is 10.5. The highest BCUT2D eigenvalue weighted by atomic mass is 31.1. The van der Waals surface area contributed by atoms with Gasteiger partial charge in [-0.1, -0.05) is 0 Å². The van der Waals surface area contributed by atoms with Crippen LogP contribution in [0.3, 0.4) is 0 Å². The van der Waals surface area contributed by atoms with Crippen molar-refractivity contribution in [2.75, 3.05) is 26.3 Å². The fourth-order valence-corrected chi connectivity index (χ4v) is 1.85. The van der Waals surface area contributed by atoms with Gasteiger partial charge >= 0.3 is 20.2 Å². The Morgan fingerprint density at radius 1 is 0.909 bits per heavy atom. The van der Waals surface area contributed by atoms with E-state index in [0.717, 1.165) is 0 Å². The molecule has 0 aromatic carbocycles. The van der Waals surface area contributed by atoms with Crippen LogP contribution in [0.4, 0.5) is 0 Å². The van der Waals surface area contributed by atoms with Gasteiger partial charge in [-0.2, -0.15) is 0 Å². The van der Waals surface area contributed by atoms with Gasteiger partial charge in [0.05, 0.1) is 13.2 Å². The summed E-state index contributed by atoms with van der Waals surface area (Å²) < 4.78 is 30.9. The standard InChI is InChI=1S/C12H24N2O7P/c1-9(11(15)18-7-3-5-13)20-22(17)21-10(2)12(16)19-8-4-6-14/h9-10H,3-8,13-14H2,1-2H3/q+1. The summed E-state index contributed by atoms with van der Waals surface area (Å²) in [6, 6.07) is 0. The first-order chi connectivity index (χ1) is 10.4. The molecule has 0 saturated carbocycles. The predicted molar refractivity (Wildman–Crippen MR) is 78.0 cm³/mol. The number of carbonyl (C=O) groups is 2. The fourth-order valence-electron chi connectivity index (χ4n) is 1.12. The van der Waals surface area contributed by atoms with Gasteiger partial charge in [0.25, 0.3) is 0 Å². The second-order valence-electron chi connectivity index (χ2n) is 4.34. The van der Waals surface area contributed by atoms with E-state index in [1.807, 2.05) is 0 Å². The summed E-state index contributed by atoms with van der Waals surface area (Å²) in [4.78, 5) is 22.9. The first-order valence-corrected chi connectivity index (χ1v) is 8.06. The number of hydrogen-bond acceptors (Lipinski definition) is 9. The minimum atomic E-state index is -2.66. The summed E-state index contributed by atoms with van der Waals surface area (Å²) in [5.74, 6) is -1.36. The zero-order valence-electron chi connectivity index (χ0n) is 12.9. The van der Waals surface area contributed by atoms with Crippen molar-refractivity contribution in [1.82, 2.24) is 0 Å². The van der Waals surface area contributed by atoms with Crippen LogP contribution in [-0.4, -0.2) is 50.4 Å². The summed E-state index contributed by atoms with van der Waals surface area (Å²) in [6.45, 7) is 3.83. The van der Waals surface area contributed by atoms with Gasteiger partial charge in [0.1, 0.15) is 0 Å². The highest BCUT2D eigenvalue weighted by Gasteiger charge is 2.35. The van der Waals surface area contributed by atoms with Crippen LogP contribution >= 0.6 is 8.25 Å². The highest BCUT2D eigenvalue weighted by Crippen LogP contribution is 2.28. The lowest BCUT2D eigenvalue weighted by Gasteiger charge is -2.07. The average molecular weight is 339 g/mol. The summed E-state index contributed by atoms with van der Waals surface area (Å²) in [5, 5.41) is 0. The molecule has 0 aliphatic carbocycles. The summed E-state index contributed by atoms with van der Waals surface area (Å²) in [6.07, 6.45) is -1.12. The Labute approximate surface area is 130 Å². The molecule has 0 bridgehead atoms. The molecular formula is C12H24N2O7P+. The van der Waals surface area contributed by atoms with Crippen LogP contribution in [0.15, 0.2) is 0 Å². The van der Waals surface area contributed by atoms with Gasteiger partial charge in [-0.25, -0.2) is 9.59 Å². The molecule has 0 fully saturated rings. The quantitative estimate of drug-likeness (QED) is 0.290. The summed E-state index contributed by atoms with van der Waals surface area (Å²) in [7, 11) is -2.66. The number of ether oxygens (including phenoxy) is 2. The Hall–Kier alpha value is -1.12. The Balaban J connectivity index is 4.04. The molecule has 2 atom stereocenters. The minimum Gasteiger partial charge on any atom is -0.464 e. The van der Waals surface area contributed by atoms with E-state index >= 15 is 0 Å². The topological polar surface area (TPSA) is 140 Å². The highest BCUT2D eigenvalue weighted by molar-refractivity contribution is 7.33. The predicted octanol–water partition coefficient (Wildman–Crippen LogP) is 0.238. The molecule has 0 heterocycles. The molecule has 128 valence electrons. The van der Waals surface area contributed by atoms with Crippen molar-refractivity contribution >= 4 is 20.2 Å². The van der Waals surface area contributed by atoms with Gasteiger partial charge in [0.15, 0.2) is 0 Å². The lowest BCUT2D eigenvalue weighted by Crippen LogP contribution is -2.25. The number of nitrogens with two attached hydrogens (primary N) is 2. The normalized spacial score (nSPS) is 14.1. The molecule has 0 aromatic rings. The van der Waals surface area contributed by atoms with Gasteiger partial charge in [-0.3, -0.25) is 0 Å². The fraction of sp³-hybridized carbons (Fsp3) is 0.833. The first-order valence-electron chi connectivity index (χ1n) is 6.96. The molecule has 0 aliphatic rings. The van der Waals surface area contributed by atoms with E-state index in [-0.39, 0.29) is 13.2 Å². The van der Waals surface area contributed by atoms with Crippen molar-refractivity contribution in [3.8, 4) is 0 Å². The van der Waals surface area contributed by atoms with E-state index in [2.05, 4.69) is 0 Å². The van der Waals surface area contributed by atoms with E-state index in [0.29, 0.717) is 25.9 Å². The monoisotopic (exact) mass is 339 g/mol. The zero-order chi connectivity index (χ0) is 17.0. The summed E-state index contributed by atoms with van der Waals surface area (Å²) >= 11 is 0. The third-order valence-electron chi connectivity index (χ3n) is 2.34. The molecule has 0 saturated heterocycles. The van der Waals surface area contributed by atoms with Crippen molar-refractivity contribution in [3.05, 3.63) is 0 Å². The van der Waals surface area contributed by atoms with Crippen molar-refractivity contribution < 1.29 is 32.7 Å². The van der Waals surface area contributed by atoms with Crippen molar-refractivity contribution in [3.63, 3.8) is 0 Å². The molecule has 10 heteroatoms. The second-order valence-corrected chi connectivity index (χ2v) is 5.21. The molecule has 4 N–H and O–H groups in total. The number of hydrogen-bond donors (Lipinski definition) is 2. The van der Waals surface area contributed by atoms with Crippen LogP contribution in [0.2, 0.25) is 0 Å². The van der Waals surface area contributed by atoms with E-state index < -0.39 is 32.4 Å². The van der Waals surface area contributed by atoms with E-state index in [4.69, 9.17) is 30.0 Å². The van der Waals surface area contributed by atoms with Crippen LogP contribution in [0.25, 0.3) is 0 Å². The van der Waals surface area contributed by atoms with Gasteiger partial charge in [0.2, 0.25) is 12.2 Å². The molecule has 2 unspecified atom stereocenters. The Morgan fingerprint density at radius 2 is 1.27 bits per heavy atom. The molecule has 0 aromatic heterocycles. The molecule has 0 spiro atoms. The van der Waals surface area contributed by atoms with Crippen LogP contribution in [0.1, 0.15) is 26.7 Å². The van der Waals surface area contributed by atoms with Crippen LogP contribution in [-0.2, 0) is 32.7 Å². The number of rotatable bonds is 12. The maximum Gasteiger partial charge on any atom is 0.699 e. The van der Waals surface area contributed by atoms with E-state index in [9.17, 15) is 14.2 Å². The largest absolute Gasteiger partial charge is 0.699 e. The Kier molecular flexibility index (Phi) is 11.8. The number of esters is 2. The van der Waals surface area contributed by atoms with Gasteiger partial charge < -0.3 is 20.9 Å². The molecular weight excluding hydrogens is 315 g/mol. The maximum atomic E-state index is 11.6. The Bertz CT molecular complexity index is 335. The third kappa shape index (κ3) is 9.75. The lowest BCUT2D eigenvalue weighted by atomic mass is 10.4. The zero-order valence-corrected chi connectivity index (χ0v) is 13.8. The van der Waals surface area contributed by atoms with E-state index in [1.54, 1.807) is 0 Å². The van der Waals surface area contributed by atoms with Crippen LogP contribution < -0.4 is 11.5 Å². The smallest absolute Gasteiger partial charge is 0.464 e. The Morgan fingerprint density at radius 3 is 1.59 bits per heavy atom. The van der Waals surface area contributed by atoms with Crippen molar-refractivity contribution in [1.29, 1.82) is 0 Å². The SMILES string of the molecule is CC(O[P+](=O)OC(C)C(=O)OCCCN)C(=O)OCCCN. The van der Waals surface area contributed by atoms with Crippen molar-refractivity contribution in [2.24, 2.45) is 11.5 Å². The minimum absolute atomic E-state index is 0.157. The van der Waals surface area contributed by atoms with Gasteiger partial charge in [-0.05, 0) is 39.8 Å². The maximum absolute atomic E-state index is 11.6. The third-order valence-corrected chi connectivity index (χ3v) is 3.31. The first kappa shape index (κ1) is 20.9. The molecule has 0 amide bonds. The van der Waals surface area contributed by atoms with E-state index in [1.165, 1.54) is 13.8 Å². The van der Waals surface area contributed by atoms with Crippen LogP contribution in [0.5, 0.6) is 0 Å². The van der Waals surface area contributed by atoms with Gasteiger partial charge in [0, 0.05) is 4.57 Å². The van der Waals surface area contributed by atoms with Crippen molar-refractivity contribution in [2.45, 2.75) is 38.9 Å². The van der Waals surface area contributed by atoms with Crippen LogP contribution in [0, 0.1) is 0 Å². The number of carbonyl (C=O) groups excluding carboxylic acids is 2. The lowest BCUT2D eigenvalue weighted by molar-refractivity contribution is -0.152. The molecule has 0 rings (SSSR count).